The first kappa shape index (κ1) is 32.7. The topological polar surface area (TPSA) is 142 Å². The Kier molecular flexibility index (Phi) is 10.1. The smallest absolute Gasteiger partial charge is 0.481 e. The van der Waals surface area contributed by atoms with E-state index in [1.165, 1.54) is 31.2 Å². The standard InChI is InChI=1S/C26H28F5N3O7S/c1-2-25(27,28)17-5-3-16(4-6-17)15-32-24(38)21-13-18(33-22(35)14-23(36)37)11-12-34(21)42(39,40)20-9-7-19(8-10-20)41-26(29,30)31/h3-10,18,21H,2,11-15H2,1H3,(H,32,38)(H,33,35)(H,36,37)/t18-,21-/m1/s1. The number of ether oxygens (including phenoxy) is 1. The fourth-order valence-corrected chi connectivity index (χ4v) is 5.96. The van der Waals surface area contributed by atoms with Crippen LogP contribution in [0.5, 0.6) is 5.75 Å². The lowest BCUT2D eigenvalue weighted by Gasteiger charge is -2.37. The number of alkyl halides is 5. The largest absolute Gasteiger partial charge is 0.573 e. The lowest BCUT2D eigenvalue weighted by molar-refractivity contribution is -0.274. The quantitative estimate of drug-likeness (QED) is 0.258. The Labute approximate surface area is 237 Å². The predicted molar refractivity (Wildman–Crippen MR) is 137 cm³/mol. The van der Waals surface area contributed by atoms with E-state index in [2.05, 4.69) is 15.4 Å². The first-order chi connectivity index (χ1) is 19.5. The molecule has 0 spiro atoms. The van der Waals surface area contributed by atoms with Gasteiger partial charge >= 0.3 is 12.3 Å². The van der Waals surface area contributed by atoms with Crippen molar-refractivity contribution in [2.75, 3.05) is 6.54 Å². The molecule has 2 amide bonds. The Morgan fingerprint density at radius 1 is 1.02 bits per heavy atom. The zero-order valence-corrected chi connectivity index (χ0v) is 23.0. The number of sulfonamides is 1. The minimum Gasteiger partial charge on any atom is -0.481 e. The molecule has 1 aliphatic rings. The van der Waals surface area contributed by atoms with Crippen molar-refractivity contribution in [1.29, 1.82) is 0 Å². The van der Waals surface area contributed by atoms with Crippen LogP contribution in [0.15, 0.2) is 53.4 Å². The summed E-state index contributed by atoms with van der Waals surface area (Å²) in [5, 5.41) is 13.9. The van der Waals surface area contributed by atoms with Crippen molar-refractivity contribution in [1.82, 2.24) is 14.9 Å². The number of carboxylic acid groups (broad SMARTS) is 1. The second-order valence-electron chi connectivity index (χ2n) is 9.48. The van der Waals surface area contributed by atoms with Gasteiger partial charge in [-0.25, -0.2) is 17.2 Å². The minimum absolute atomic E-state index is 0.0107. The van der Waals surface area contributed by atoms with Crippen LogP contribution in [0.4, 0.5) is 22.0 Å². The number of aliphatic carboxylic acids is 1. The van der Waals surface area contributed by atoms with Crippen LogP contribution in [-0.2, 0) is 36.9 Å². The van der Waals surface area contributed by atoms with Crippen LogP contribution >= 0.6 is 0 Å². The van der Waals surface area contributed by atoms with Crippen molar-refractivity contribution in [2.24, 2.45) is 0 Å². The number of hydrogen-bond donors (Lipinski definition) is 3. The van der Waals surface area contributed by atoms with Gasteiger partial charge in [-0.3, -0.25) is 14.4 Å². The monoisotopic (exact) mass is 621 g/mol. The second-order valence-corrected chi connectivity index (χ2v) is 11.4. The Balaban J connectivity index is 1.81. The van der Waals surface area contributed by atoms with E-state index in [-0.39, 0.29) is 31.5 Å². The van der Waals surface area contributed by atoms with Gasteiger partial charge in [-0.05, 0) is 42.7 Å². The van der Waals surface area contributed by atoms with E-state index in [1.54, 1.807) is 0 Å². The number of carbonyl (C=O) groups excluding carboxylic acids is 2. The Bertz CT molecular complexity index is 1380. The Morgan fingerprint density at radius 3 is 2.19 bits per heavy atom. The maximum Gasteiger partial charge on any atom is 0.573 e. The van der Waals surface area contributed by atoms with Gasteiger partial charge in [0.15, 0.2) is 0 Å². The molecular formula is C26H28F5N3O7S. The molecule has 10 nitrogen and oxygen atoms in total. The number of nitrogens with zero attached hydrogens (tertiary/aromatic N) is 1. The third kappa shape index (κ3) is 8.61. The average molecular weight is 622 g/mol. The molecule has 0 aliphatic carbocycles. The van der Waals surface area contributed by atoms with E-state index in [1.807, 2.05) is 0 Å². The van der Waals surface area contributed by atoms with E-state index in [0.717, 1.165) is 28.6 Å². The van der Waals surface area contributed by atoms with Crippen molar-refractivity contribution >= 4 is 27.8 Å². The summed E-state index contributed by atoms with van der Waals surface area (Å²) in [4.78, 5) is 35.7. The number of amides is 2. The number of hydrogen-bond acceptors (Lipinski definition) is 6. The summed E-state index contributed by atoms with van der Waals surface area (Å²) in [6.07, 6.45) is -6.47. The van der Waals surface area contributed by atoms with E-state index < -0.39 is 75.7 Å². The summed E-state index contributed by atoms with van der Waals surface area (Å²) in [7, 11) is -4.45. The lowest BCUT2D eigenvalue weighted by Crippen LogP contribution is -2.57. The van der Waals surface area contributed by atoms with Gasteiger partial charge in [-0.1, -0.05) is 31.2 Å². The van der Waals surface area contributed by atoms with Crippen LogP contribution in [0.2, 0.25) is 0 Å². The normalized spacial score (nSPS) is 18.2. The van der Waals surface area contributed by atoms with Crippen molar-refractivity contribution in [3.05, 3.63) is 59.7 Å². The number of halogens is 5. The van der Waals surface area contributed by atoms with Crippen molar-refractivity contribution in [2.45, 2.75) is 68.4 Å². The summed E-state index contributed by atoms with van der Waals surface area (Å²) < 4.78 is 96.8. The zero-order valence-electron chi connectivity index (χ0n) is 22.2. The maximum absolute atomic E-state index is 13.9. The van der Waals surface area contributed by atoms with E-state index in [9.17, 15) is 44.8 Å². The molecule has 230 valence electrons. The molecule has 2 aromatic rings. The number of benzene rings is 2. The SMILES string of the molecule is CCC(F)(F)c1ccc(CNC(=O)[C@H]2C[C@H](NC(=O)CC(=O)O)CCN2S(=O)(=O)c2ccc(OC(F)(F)F)cc2)cc1. The van der Waals surface area contributed by atoms with Gasteiger partial charge in [0.05, 0.1) is 4.90 Å². The van der Waals surface area contributed by atoms with Crippen molar-refractivity contribution in [3.63, 3.8) is 0 Å². The molecule has 1 fully saturated rings. The molecule has 3 rings (SSSR count). The molecule has 1 aliphatic heterocycles. The zero-order chi connectivity index (χ0) is 31.3. The number of carboxylic acids is 1. The predicted octanol–water partition coefficient (Wildman–Crippen LogP) is 3.52. The Hall–Kier alpha value is -3.79. The molecule has 1 saturated heterocycles. The molecule has 16 heteroatoms. The van der Waals surface area contributed by atoms with Crippen LogP contribution in [0.3, 0.4) is 0 Å². The highest BCUT2D eigenvalue weighted by atomic mass is 32.2. The molecule has 1 heterocycles. The molecule has 2 aromatic carbocycles. The summed E-state index contributed by atoms with van der Waals surface area (Å²) in [5.41, 5.74) is 0.229. The highest BCUT2D eigenvalue weighted by molar-refractivity contribution is 7.89. The summed E-state index contributed by atoms with van der Waals surface area (Å²) in [6, 6.07) is 6.40. The van der Waals surface area contributed by atoms with Gasteiger partial charge in [0.1, 0.15) is 18.2 Å². The van der Waals surface area contributed by atoms with Crippen LogP contribution < -0.4 is 15.4 Å². The number of nitrogens with one attached hydrogen (secondary N) is 2. The van der Waals surface area contributed by atoms with Crippen LogP contribution in [-0.4, -0.2) is 60.6 Å². The molecule has 0 aromatic heterocycles. The highest BCUT2D eigenvalue weighted by Crippen LogP contribution is 2.32. The first-order valence-electron chi connectivity index (χ1n) is 12.7. The van der Waals surface area contributed by atoms with E-state index in [4.69, 9.17) is 5.11 Å². The third-order valence-corrected chi connectivity index (χ3v) is 8.41. The van der Waals surface area contributed by atoms with Gasteiger partial charge in [-0.15, -0.1) is 13.2 Å². The first-order valence-corrected chi connectivity index (χ1v) is 14.1. The fourth-order valence-electron chi connectivity index (χ4n) is 4.34. The van der Waals surface area contributed by atoms with Crippen molar-refractivity contribution < 1.29 is 54.6 Å². The van der Waals surface area contributed by atoms with Gasteiger partial charge in [0.2, 0.25) is 21.8 Å². The molecule has 0 radical (unpaired) electrons. The molecule has 42 heavy (non-hydrogen) atoms. The highest BCUT2D eigenvalue weighted by Gasteiger charge is 2.41. The van der Waals surface area contributed by atoms with E-state index in [0.29, 0.717) is 5.56 Å². The molecular weight excluding hydrogens is 593 g/mol. The van der Waals surface area contributed by atoms with Gasteiger partial charge in [-0.2, -0.15) is 4.31 Å². The van der Waals surface area contributed by atoms with Crippen molar-refractivity contribution in [3.8, 4) is 5.75 Å². The van der Waals surface area contributed by atoms with Crippen LogP contribution in [0.1, 0.15) is 43.7 Å². The number of rotatable bonds is 11. The molecule has 2 atom stereocenters. The summed E-state index contributed by atoms with van der Waals surface area (Å²) >= 11 is 0. The van der Waals surface area contributed by atoms with Gasteiger partial charge in [0, 0.05) is 31.1 Å². The average Bonchev–Trinajstić information content (AvgIpc) is 2.90. The second kappa shape index (κ2) is 13.0. The Morgan fingerprint density at radius 2 is 1.64 bits per heavy atom. The molecule has 0 saturated carbocycles. The summed E-state index contributed by atoms with van der Waals surface area (Å²) in [5.74, 6) is -6.71. The molecule has 0 bridgehead atoms. The number of carbonyl (C=O) groups is 3. The lowest BCUT2D eigenvalue weighted by atomic mass is 9.98. The minimum atomic E-state index is -4.99. The maximum atomic E-state index is 13.9. The third-order valence-electron chi connectivity index (χ3n) is 6.48. The fraction of sp³-hybridized carbons (Fsp3) is 0.423. The van der Waals surface area contributed by atoms with Gasteiger partial charge in [0.25, 0.3) is 5.92 Å². The van der Waals surface area contributed by atoms with Gasteiger partial charge < -0.3 is 20.5 Å². The summed E-state index contributed by atoms with van der Waals surface area (Å²) in [6.45, 7) is 0.890. The van der Waals surface area contributed by atoms with E-state index >= 15 is 0 Å². The molecule has 3 N–H and O–H groups in total. The molecule has 0 unspecified atom stereocenters. The number of piperidine rings is 1. The van der Waals surface area contributed by atoms with Crippen LogP contribution in [0.25, 0.3) is 0 Å². The van der Waals surface area contributed by atoms with Crippen LogP contribution in [0, 0.1) is 0 Å².